The number of aromatic nitrogens is 2. The molecule has 0 bridgehead atoms. The third-order valence-electron chi connectivity index (χ3n) is 4.43. The fraction of sp³-hybridized carbons (Fsp3) is 0.238. The second-order valence-corrected chi connectivity index (χ2v) is 6.10. The van der Waals surface area contributed by atoms with Gasteiger partial charge in [0.05, 0.1) is 41.2 Å². The van der Waals surface area contributed by atoms with Crippen LogP contribution in [0.3, 0.4) is 0 Å². The highest BCUT2D eigenvalue weighted by atomic mass is 16.5. The number of hydrogen-bond donors (Lipinski definition) is 2. The topological polar surface area (TPSA) is 104 Å². The quantitative estimate of drug-likeness (QED) is 0.583. The van der Waals surface area contributed by atoms with E-state index >= 15 is 0 Å². The van der Waals surface area contributed by atoms with Crippen LogP contribution in [0.25, 0.3) is 11.3 Å². The van der Waals surface area contributed by atoms with Crippen molar-refractivity contribution in [1.29, 1.82) is 0 Å². The molecule has 1 aromatic heterocycles. The summed E-state index contributed by atoms with van der Waals surface area (Å²) in [5.41, 5.74) is 2.04. The number of ether oxygens (including phenoxy) is 5. The van der Waals surface area contributed by atoms with Gasteiger partial charge in [0, 0.05) is 29.4 Å². The molecule has 0 aliphatic carbocycles. The Hall–Kier alpha value is -3.88. The number of nitrogens with zero attached hydrogens (tertiary/aromatic N) is 1. The predicted molar refractivity (Wildman–Crippen MR) is 111 cm³/mol. The van der Waals surface area contributed by atoms with E-state index in [2.05, 4.69) is 15.5 Å². The number of amides is 1. The van der Waals surface area contributed by atoms with E-state index in [1.807, 2.05) is 6.07 Å². The Balaban J connectivity index is 1.86. The second kappa shape index (κ2) is 9.08. The summed E-state index contributed by atoms with van der Waals surface area (Å²) in [5, 5.41) is 9.77. The van der Waals surface area contributed by atoms with Crippen LogP contribution in [-0.2, 0) is 0 Å². The van der Waals surface area contributed by atoms with Crippen molar-refractivity contribution in [3.05, 3.63) is 42.1 Å². The Morgan fingerprint density at radius 2 is 1.50 bits per heavy atom. The van der Waals surface area contributed by atoms with Gasteiger partial charge in [-0.25, -0.2) is 0 Å². The van der Waals surface area contributed by atoms with Gasteiger partial charge in [-0.2, -0.15) is 5.10 Å². The van der Waals surface area contributed by atoms with Crippen molar-refractivity contribution < 1.29 is 28.5 Å². The Morgan fingerprint density at radius 3 is 2.07 bits per heavy atom. The smallest absolute Gasteiger partial charge is 0.273 e. The molecule has 1 amide bonds. The molecule has 2 aromatic carbocycles. The minimum Gasteiger partial charge on any atom is -0.497 e. The lowest BCUT2D eigenvalue weighted by molar-refractivity contribution is 0.102. The summed E-state index contributed by atoms with van der Waals surface area (Å²) in [5.74, 6) is 2.16. The van der Waals surface area contributed by atoms with Crippen molar-refractivity contribution in [3.63, 3.8) is 0 Å². The maximum atomic E-state index is 12.7. The van der Waals surface area contributed by atoms with Crippen LogP contribution in [0, 0.1) is 0 Å². The summed E-state index contributed by atoms with van der Waals surface area (Å²) in [6, 6.07) is 10.3. The van der Waals surface area contributed by atoms with Gasteiger partial charge in [-0.05, 0) is 18.2 Å². The lowest BCUT2D eigenvalue weighted by atomic mass is 10.1. The Bertz CT molecular complexity index is 1020. The third kappa shape index (κ3) is 4.09. The summed E-state index contributed by atoms with van der Waals surface area (Å²) < 4.78 is 26.5. The number of benzene rings is 2. The molecule has 0 fully saturated rings. The van der Waals surface area contributed by atoms with Crippen molar-refractivity contribution in [3.8, 4) is 40.0 Å². The van der Waals surface area contributed by atoms with Crippen LogP contribution in [0.5, 0.6) is 28.7 Å². The highest BCUT2D eigenvalue weighted by Gasteiger charge is 2.18. The maximum Gasteiger partial charge on any atom is 0.273 e. The Kier molecular flexibility index (Phi) is 6.31. The molecular formula is C21H23N3O6. The molecule has 1 heterocycles. The number of methoxy groups -OCH3 is 5. The van der Waals surface area contributed by atoms with Gasteiger partial charge in [-0.1, -0.05) is 0 Å². The number of anilines is 1. The summed E-state index contributed by atoms with van der Waals surface area (Å²) in [6.45, 7) is 0. The van der Waals surface area contributed by atoms with E-state index < -0.39 is 0 Å². The minimum atomic E-state index is -0.379. The predicted octanol–water partition coefficient (Wildman–Crippen LogP) is 3.37. The van der Waals surface area contributed by atoms with Gasteiger partial charge < -0.3 is 29.0 Å². The lowest BCUT2D eigenvalue weighted by Crippen LogP contribution is -2.12. The van der Waals surface area contributed by atoms with Gasteiger partial charge in [0.25, 0.3) is 5.91 Å². The van der Waals surface area contributed by atoms with E-state index in [4.69, 9.17) is 23.7 Å². The first-order valence-electron chi connectivity index (χ1n) is 8.93. The molecular weight excluding hydrogens is 390 g/mol. The molecule has 2 N–H and O–H groups in total. The van der Waals surface area contributed by atoms with E-state index in [9.17, 15) is 4.79 Å². The summed E-state index contributed by atoms with van der Waals surface area (Å²) in [6.07, 6.45) is 0. The summed E-state index contributed by atoms with van der Waals surface area (Å²) >= 11 is 0. The number of hydrogen-bond acceptors (Lipinski definition) is 7. The Morgan fingerprint density at radius 1 is 0.833 bits per heavy atom. The lowest BCUT2D eigenvalue weighted by Gasteiger charge is -2.14. The minimum absolute atomic E-state index is 0.275. The maximum absolute atomic E-state index is 12.7. The number of carbonyl (C=O) groups excluding carboxylic acids is 1. The number of carbonyl (C=O) groups is 1. The second-order valence-electron chi connectivity index (χ2n) is 6.10. The molecule has 30 heavy (non-hydrogen) atoms. The molecule has 0 aliphatic rings. The molecule has 9 heteroatoms. The van der Waals surface area contributed by atoms with Crippen LogP contribution in [0.15, 0.2) is 36.4 Å². The highest BCUT2D eigenvalue weighted by Crippen LogP contribution is 2.40. The van der Waals surface area contributed by atoms with Crippen LogP contribution in [0.4, 0.5) is 5.69 Å². The first-order chi connectivity index (χ1) is 14.5. The van der Waals surface area contributed by atoms with Crippen molar-refractivity contribution >= 4 is 11.6 Å². The van der Waals surface area contributed by atoms with E-state index in [-0.39, 0.29) is 11.6 Å². The fourth-order valence-corrected chi connectivity index (χ4v) is 2.94. The average molecular weight is 413 g/mol. The van der Waals surface area contributed by atoms with Crippen LogP contribution in [-0.4, -0.2) is 51.7 Å². The molecule has 3 aromatic rings. The van der Waals surface area contributed by atoms with E-state index in [0.29, 0.717) is 40.1 Å². The third-order valence-corrected chi connectivity index (χ3v) is 4.43. The van der Waals surface area contributed by atoms with E-state index in [0.717, 1.165) is 5.56 Å². The van der Waals surface area contributed by atoms with Crippen molar-refractivity contribution in [2.45, 2.75) is 0 Å². The van der Waals surface area contributed by atoms with Crippen LogP contribution in [0.1, 0.15) is 10.5 Å². The first-order valence-corrected chi connectivity index (χ1v) is 8.93. The zero-order valence-corrected chi connectivity index (χ0v) is 17.4. The number of rotatable bonds is 8. The van der Waals surface area contributed by atoms with Crippen molar-refractivity contribution in [2.24, 2.45) is 0 Å². The van der Waals surface area contributed by atoms with Gasteiger partial charge in [0.1, 0.15) is 17.2 Å². The fourth-order valence-electron chi connectivity index (χ4n) is 2.94. The zero-order valence-electron chi connectivity index (χ0n) is 17.4. The number of nitrogens with one attached hydrogen (secondary N) is 2. The molecule has 0 spiro atoms. The standard InChI is InChI=1S/C21H23N3O6/c1-26-13-6-7-14(17(10-13)27-2)15-11-16(24-23-15)21(25)22-12-8-18(28-3)20(30-5)19(9-12)29-4/h6-11H,1-5H3,(H,22,25)(H,23,24). The monoisotopic (exact) mass is 413 g/mol. The van der Waals surface area contributed by atoms with E-state index in [1.165, 1.54) is 21.3 Å². The molecule has 0 unspecified atom stereocenters. The van der Waals surface area contributed by atoms with E-state index in [1.54, 1.807) is 44.6 Å². The molecule has 3 rings (SSSR count). The van der Waals surface area contributed by atoms with Crippen LogP contribution < -0.4 is 29.0 Å². The van der Waals surface area contributed by atoms with Crippen molar-refractivity contribution in [1.82, 2.24) is 10.2 Å². The van der Waals surface area contributed by atoms with Gasteiger partial charge in [-0.15, -0.1) is 0 Å². The zero-order chi connectivity index (χ0) is 21.7. The van der Waals surface area contributed by atoms with Crippen molar-refractivity contribution in [2.75, 3.05) is 40.9 Å². The molecule has 0 saturated heterocycles. The highest BCUT2D eigenvalue weighted by molar-refractivity contribution is 6.03. The van der Waals surface area contributed by atoms with Crippen LogP contribution >= 0.6 is 0 Å². The van der Waals surface area contributed by atoms with Crippen LogP contribution in [0.2, 0.25) is 0 Å². The van der Waals surface area contributed by atoms with Gasteiger partial charge >= 0.3 is 0 Å². The molecule has 0 radical (unpaired) electrons. The van der Waals surface area contributed by atoms with Gasteiger partial charge in [-0.3, -0.25) is 9.89 Å². The van der Waals surface area contributed by atoms with Gasteiger partial charge in [0.2, 0.25) is 5.75 Å². The number of aromatic amines is 1. The molecule has 9 nitrogen and oxygen atoms in total. The summed E-state index contributed by atoms with van der Waals surface area (Å²) in [7, 11) is 7.66. The molecule has 158 valence electrons. The van der Waals surface area contributed by atoms with Gasteiger partial charge in [0.15, 0.2) is 11.5 Å². The average Bonchev–Trinajstić information content (AvgIpc) is 3.28. The first kappa shape index (κ1) is 20.8. The molecule has 0 aliphatic heterocycles. The Labute approximate surface area is 173 Å². The SMILES string of the molecule is COc1ccc(-c2cc(C(=O)Nc3cc(OC)c(OC)c(OC)c3)[nH]n2)c(OC)c1. The number of H-pyrrole nitrogens is 1. The summed E-state index contributed by atoms with van der Waals surface area (Å²) in [4.78, 5) is 12.7. The largest absolute Gasteiger partial charge is 0.497 e. The molecule has 0 saturated carbocycles. The normalized spacial score (nSPS) is 10.3. The molecule has 0 atom stereocenters.